The Morgan fingerprint density at radius 3 is 2.68 bits per heavy atom. The molecule has 1 fully saturated rings. The third-order valence-electron chi connectivity index (χ3n) is 4.09. The second kappa shape index (κ2) is 8.18. The molecule has 0 saturated carbocycles. The lowest BCUT2D eigenvalue weighted by molar-refractivity contribution is -0.123. The molecule has 0 amide bonds. The molecule has 0 aliphatic carbocycles. The van der Waals surface area contributed by atoms with Crippen LogP contribution < -0.4 is 5.32 Å². The van der Waals surface area contributed by atoms with Gasteiger partial charge in [-0.15, -0.1) is 0 Å². The molecule has 1 N–H and O–H groups in total. The van der Waals surface area contributed by atoms with Crippen molar-refractivity contribution < 1.29 is 13.9 Å². The highest BCUT2D eigenvalue weighted by Crippen LogP contribution is 2.25. The summed E-state index contributed by atoms with van der Waals surface area (Å²) in [6.07, 6.45) is 1.91. The van der Waals surface area contributed by atoms with E-state index in [9.17, 15) is 9.18 Å². The van der Waals surface area contributed by atoms with Gasteiger partial charge in [-0.3, -0.25) is 4.79 Å². The first-order valence-electron chi connectivity index (χ1n) is 7.79. The summed E-state index contributed by atoms with van der Waals surface area (Å²) in [6, 6.07) is 5.32. The minimum Gasteiger partial charge on any atom is -0.381 e. The summed E-state index contributed by atoms with van der Waals surface area (Å²) < 4.78 is 19.6. The van der Waals surface area contributed by atoms with Crippen molar-refractivity contribution in [2.24, 2.45) is 5.92 Å². The van der Waals surface area contributed by atoms with Gasteiger partial charge < -0.3 is 10.1 Å². The summed E-state index contributed by atoms with van der Waals surface area (Å²) in [6.45, 7) is 5.83. The molecule has 0 aromatic heterocycles. The Balaban J connectivity index is 2.11. The van der Waals surface area contributed by atoms with Crippen LogP contribution in [-0.2, 0) is 9.53 Å². The van der Waals surface area contributed by atoms with Gasteiger partial charge in [0.05, 0.1) is 10.4 Å². The molecule has 0 spiro atoms. The lowest BCUT2D eigenvalue weighted by Crippen LogP contribution is -2.39. The van der Waals surface area contributed by atoms with Crippen molar-refractivity contribution in [2.45, 2.75) is 38.6 Å². The van der Waals surface area contributed by atoms with Crippen LogP contribution in [0.4, 0.5) is 4.39 Å². The third-order valence-corrected chi connectivity index (χ3v) is 4.73. The van der Waals surface area contributed by atoms with Crippen LogP contribution in [0.2, 0.25) is 0 Å². The number of halogens is 2. The van der Waals surface area contributed by atoms with Gasteiger partial charge in [0.25, 0.3) is 0 Å². The van der Waals surface area contributed by atoms with Crippen LogP contribution >= 0.6 is 15.9 Å². The van der Waals surface area contributed by atoms with Crippen molar-refractivity contribution in [2.75, 3.05) is 19.8 Å². The number of nitrogens with one attached hydrogen (secondary N) is 1. The second-order valence-electron chi connectivity index (χ2n) is 6.08. The van der Waals surface area contributed by atoms with E-state index in [1.54, 1.807) is 6.07 Å². The highest BCUT2D eigenvalue weighted by atomic mass is 79.9. The molecule has 1 heterocycles. The molecule has 1 aliphatic heterocycles. The molecule has 1 saturated heterocycles. The van der Waals surface area contributed by atoms with Crippen LogP contribution in [0.15, 0.2) is 22.7 Å². The first-order valence-corrected chi connectivity index (χ1v) is 8.58. The molecule has 2 rings (SSSR count). The number of Topliss-reactive ketones (excluding diaryl/α,β-unsaturated/α-hetero) is 1. The highest BCUT2D eigenvalue weighted by molar-refractivity contribution is 9.10. The Bertz CT molecular complexity index is 515. The lowest BCUT2D eigenvalue weighted by atomic mass is 9.88. The van der Waals surface area contributed by atoms with Gasteiger partial charge in [0, 0.05) is 31.7 Å². The molecular formula is C17H23BrFNO2. The van der Waals surface area contributed by atoms with E-state index in [4.69, 9.17) is 4.74 Å². The number of hydrogen-bond acceptors (Lipinski definition) is 3. The Kier molecular flexibility index (Phi) is 6.53. The fourth-order valence-electron chi connectivity index (χ4n) is 2.70. The molecule has 1 atom stereocenters. The van der Waals surface area contributed by atoms with Gasteiger partial charge in [0.1, 0.15) is 11.6 Å². The SMILES string of the molecule is CC(C)C(=O)[C@H](CNC1CCOCC1)c1ccc(Br)c(F)c1. The van der Waals surface area contributed by atoms with Crippen LogP contribution in [0, 0.1) is 11.7 Å². The summed E-state index contributed by atoms with van der Waals surface area (Å²) in [5.74, 6) is -0.579. The molecule has 0 radical (unpaired) electrons. The predicted molar refractivity (Wildman–Crippen MR) is 88.5 cm³/mol. The summed E-state index contributed by atoms with van der Waals surface area (Å²) in [7, 11) is 0. The van der Waals surface area contributed by atoms with E-state index >= 15 is 0 Å². The maximum Gasteiger partial charge on any atom is 0.144 e. The molecular weight excluding hydrogens is 349 g/mol. The average Bonchev–Trinajstić information content (AvgIpc) is 2.51. The zero-order valence-corrected chi connectivity index (χ0v) is 14.7. The normalized spacial score (nSPS) is 17.7. The van der Waals surface area contributed by atoms with Crippen molar-refractivity contribution in [1.82, 2.24) is 5.32 Å². The molecule has 1 aliphatic rings. The smallest absolute Gasteiger partial charge is 0.144 e. The summed E-state index contributed by atoms with van der Waals surface area (Å²) in [5, 5.41) is 3.46. The number of rotatable bonds is 6. The van der Waals surface area contributed by atoms with Gasteiger partial charge in [-0.05, 0) is 46.5 Å². The van der Waals surface area contributed by atoms with Crippen LogP contribution in [0.25, 0.3) is 0 Å². The minimum absolute atomic E-state index is 0.0757. The fraction of sp³-hybridized carbons (Fsp3) is 0.588. The van der Waals surface area contributed by atoms with Crippen molar-refractivity contribution in [3.05, 3.63) is 34.1 Å². The fourth-order valence-corrected chi connectivity index (χ4v) is 2.95. The zero-order chi connectivity index (χ0) is 16.1. The molecule has 1 aromatic carbocycles. The van der Waals surface area contributed by atoms with Gasteiger partial charge >= 0.3 is 0 Å². The number of ether oxygens (including phenoxy) is 1. The van der Waals surface area contributed by atoms with E-state index in [1.807, 2.05) is 19.9 Å². The standard InChI is InChI=1S/C17H23BrFNO2/c1-11(2)17(21)14(10-20-13-5-7-22-8-6-13)12-3-4-15(18)16(19)9-12/h3-4,9,11,13-14,20H,5-8,10H2,1-2H3/t14-/m1/s1. The molecule has 22 heavy (non-hydrogen) atoms. The quantitative estimate of drug-likeness (QED) is 0.828. The van der Waals surface area contributed by atoms with E-state index in [-0.39, 0.29) is 23.4 Å². The average molecular weight is 372 g/mol. The summed E-state index contributed by atoms with van der Waals surface area (Å²) >= 11 is 3.16. The van der Waals surface area contributed by atoms with Crippen molar-refractivity contribution in [3.8, 4) is 0 Å². The number of hydrogen-bond donors (Lipinski definition) is 1. The Hall–Kier alpha value is -0.780. The maximum atomic E-state index is 13.8. The first-order chi connectivity index (χ1) is 10.5. The lowest BCUT2D eigenvalue weighted by Gasteiger charge is -2.26. The largest absolute Gasteiger partial charge is 0.381 e. The maximum absolute atomic E-state index is 13.8. The van der Waals surface area contributed by atoms with Crippen LogP contribution in [0.5, 0.6) is 0 Å². The number of carbonyl (C=O) groups is 1. The zero-order valence-electron chi connectivity index (χ0n) is 13.1. The number of ketones is 1. The minimum atomic E-state index is -0.329. The van der Waals surface area contributed by atoms with E-state index in [0.717, 1.165) is 31.6 Å². The number of carbonyl (C=O) groups excluding carboxylic acids is 1. The molecule has 0 bridgehead atoms. The van der Waals surface area contributed by atoms with Crippen molar-refractivity contribution in [1.29, 1.82) is 0 Å². The van der Waals surface area contributed by atoms with E-state index in [0.29, 0.717) is 17.1 Å². The summed E-state index contributed by atoms with van der Waals surface area (Å²) in [4.78, 5) is 12.5. The number of benzene rings is 1. The third kappa shape index (κ3) is 4.61. The van der Waals surface area contributed by atoms with E-state index in [2.05, 4.69) is 21.2 Å². The topological polar surface area (TPSA) is 38.3 Å². The van der Waals surface area contributed by atoms with Gasteiger partial charge in [-0.1, -0.05) is 19.9 Å². The second-order valence-corrected chi connectivity index (χ2v) is 6.93. The van der Waals surface area contributed by atoms with Crippen molar-refractivity contribution in [3.63, 3.8) is 0 Å². The van der Waals surface area contributed by atoms with Gasteiger partial charge in [-0.25, -0.2) is 4.39 Å². The molecule has 0 unspecified atom stereocenters. The Morgan fingerprint density at radius 2 is 2.09 bits per heavy atom. The molecule has 5 heteroatoms. The van der Waals surface area contributed by atoms with Gasteiger partial charge in [0.15, 0.2) is 0 Å². The molecule has 3 nitrogen and oxygen atoms in total. The molecule has 122 valence electrons. The van der Waals surface area contributed by atoms with Gasteiger partial charge in [-0.2, -0.15) is 0 Å². The van der Waals surface area contributed by atoms with Crippen molar-refractivity contribution >= 4 is 21.7 Å². The van der Waals surface area contributed by atoms with E-state index < -0.39 is 0 Å². The van der Waals surface area contributed by atoms with Gasteiger partial charge in [0.2, 0.25) is 0 Å². The predicted octanol–water partition coefficient (Wildman–Crippen LogP) is 3.67. The van der Waals surface area contributed by atoms with Crippen LogP contribution in [-0.4, -0.2) is 31.6 Å². The molecule has 1 aromatic rings. The first kappa shape index (κ1) is 17.6. The van der Waals surface area contributed by atoms with Crippen LogP contribution in [0.3, 0.4) is 0 Å². The monoisotopic (exact) mass is 371 g/mol. The van der Waals surface area contributed by atoms with Crippen LogP contribution in [0.1, 0.15) is 38.2 Å². The summed E-state index contributed by atoms with van der Waals surface area (Å²) in [5.41, 5.74) is 0.735. The highest BCUT2D eigenvalue weighted by Gasteiger charge is 2.25. The van der Waals surface area contributed by atoms with E-state index in [1.165, 1.54) is 6.07 Å². The Labute approximate surface area is 139 Å². The Morgan fingerprint density at radius 1 is 1.41 bits per heavy atom.